The molecule has 0 aliphatic carbocycles. The van der Waals surface area contributed by atoms with Gasteiger partial charge >= 0.3 is 0 Å². The van der Waals surface area contributed by atoms with Crippen molar-refractivity contribution >= 4 is 29.4 Å². The van der Waals surface area contributed by atoms with Crippen LogP contribution in [0, 0.1) is 5.82 Å². The molecular formula is C16H13ClFN3O. The molecule has 1 atom stereocenters. The summed E-state index contributed by atoms with van der Waals surface area (Å²) in [5.41, 5.74) is 3.72. The molecule has 22 heavy (non-hydrogen) atoms. The zero-order valence-electron chi connectivity index (χ0n) is 11.5. The number of amides is 1. The maximum Gasteiger partial charge on any atom is 0.248 e. The van der Waals surface area contributed by atoms with Gasteiger partial charge in [-0.2, -0.15) is 5.10 Å². The van der Waals surface area contributed by atoms with E-state index in [4.69, 9.17) is 11.6 Å². The molecular weight excluding hydrogens is 305 g/mol. The molecule has 1 aliphatic heterocycles. The minimum absolute atomic E-state index is 0.121. The highest BCUT2D eigenvalue weighted by Crippen LogP contribution is 2.32. The van der Waals surface area contributed by atoms with Gasteiger partial charge in [0, 0.05) is 28.8 Å². The van der Waals surface area contributed by atoms with E-state index in [1.165, 1.54) is 6.07 Å². The topological polar surface area (TPSA) is 53.5 Å². The van der Waals surface area contributed by atoms with E-state index in [1.807, 2.05) is 0 Å². The van der Waals surface area contributed by atoms with E-state index in [0.29, 0.717) is 22.6 Å². The number of hydrogen-bond donors (Lipinski definition) is 2. The van der Waals surface area contributed by atoms with Gasteiger partial charge in [0.15, 0.2) is 5.82 Å². The van der Waals surface area contributed by atoms with E-state index in [9.17, 15) is 9.18 Å². The number of benzene rings is 2. The van der Waals surface area contributed by atoms with Crippen LogP contribution in [0.2, 0.25) is 5.02 Å². The number of rotatable bonds is 3. The number of carbonyl (C=O) groups is 1. The summed E-state index contributed by atoms with van der Waals surface area (Å²) in [6.45, 7) is 0. The number of hydrazone groups is 1. The standard InChI is InChI=1S/C16H13ClFN3O/c17-12-6-2-1-4-10(12)11-5-3-7-13(15(11)18)20-16(22)14-8-9-19-21-14/h1-7,9,14,21H,8H2,(H,20,22). The monoisotopic (exact) mass is 317 g/mol. The summed E-state index contributed by atoms with van der Waals surface area (Å²) in [4.78, 5) is 12.0. The predicted octanol–water partition coefficient (Wildman–Crippen LogP) is 3.43. The maximum absolute atomic E-state index is 14.7. The molecule has 1 amide bonds. The summed E-state index contributed by atoms with van der Waals surface area (Å²) in [5, 5.41) is 6.82. The Balaban J connectivity index is 1.89. The number of nitrogens with zero attached hydrogens (tertiary/aromatic N) is 1. The third kappa shape index (κ3) is 2.80. The summed E-state index contributed by atoms with van der Waals surface area (Å²) in [6, 6.07) is 11.3. The van der Waals surface area contributed by atoms with Gasteiger partial charge in [-0.3, -0.25) is 10.2 Å². The lowest BCUT2D eigenvalue weighted by Gasteiger charge is -2.13. The maximum atomic E-state index is 14.7. The molecule has 0 spiro atoms. The van der Waals surface area contributed by atoms with Crippen molar-refractivity contribution in [3.05, 3.63) is 53.3 Å². The van der Waals surface area contributed by atoms with Crippen LogP contribution in [0.4, 0.5) is 10.1 Å². The summed E-state index contributed by atoms with van der Waals surface area (Å²) < 4.78 is 14.7. The van der Waals surface area contributed by atoms with Crippen LogP contribution in [-0.2, 0) is 4.79 Å². The Morgan fingerprint density at radius 2 is 2.00 bits per heavy atom. The Morgan fingerprint density at radius 1 is 1.23 bits per heavy atom. The van der Waals surface area contributed by atoms with Crippen molar-refractivity contribution in [3.8, 4) is 11.1 Å². The van der Waals surface area contributed by atoms with Crippen LogP contribution >= 0.6 is 11.6 Å². The first-order valence-corrected chi connectivity index (χ1v) is 7.16. The van der Waals surface area contributed by atoms with Gasteiger partial charge in [-0.05, 0) is 12.1 Å². The highest BCUT2D eigenvalue weighted by atomic mass is 35.5. The van der Waals surface area contributed by atoms with Crippen molar-refractivity contribution in [3.63, 3.8) is 0 Å². The quantitative estimate of drug-likeness (QED) is 0.911. The minimum atomic E-state index is -0.511. The molecule has 2 aromatic carbocycles. The van der Waals surface area contributed by atoms with Crippen LogP contribution in [0.5, 0.6) is 0 Å². The van der Waals surface area contributed by atoms with Gasteiger partial charge in [0.1, 0.15) is 6.04 Å². The Hall–Kier alpha value is -2.40. The van der Waals surface area contributed by atoms with Crippen LogP contribution in [0.15, 0.2) is 47.6 Å². The fourth-order valence-corrected chi connectivity index (χ4v) is 2.49. The third-order valence-corrected chi connectivity index (χ3v) is 3.73. The summed E-state index contributed by atoms with van der Waals surface area (Å²) in [6.07, 6.45) is 2.10. The van der Waals surface area contributed by atoms with Gasteiger partial charge in [-0.1, -0.05) is 41.9 Å². The number of halogens is 2. The van der Waals surface area contributed by atoms with E-state index in [1.54, 1.807) is 42.6 Å². The molecule has 1 unspecified atom stereocenters. The van der Waals surface area contributed by atoms with Crippen LogP contribution in [0.3, 0.4) is 0 Å². The molecule has 1 heterocycles. The second-order valence-corrected chi connectivity index (χ2v) is 5.27. The Kier molecular flexibility index (Phi) is 4.06. The number of nitrogens with one attached hydrogen (secondary N) is 2. The van der Waals surface area contributed by atoms with Crippen LogP contribution in [-0.4, -0.2) is 18.2 Å². The van der Waals surface area contributed by atoms with Gasteiger partial charge in [0.05, 0.1) is 5.69 Å². The largest absolute Gasteiger partial charge is 0.322 e. The Labute approximate surface area is 132 Å². The first-order valence-electron chi connectivity index (χ1n) is 6.78. The molecule has 0 bridgehead atoms. The lowest BCUT2D eigenvalue weighted by molar-refractivity contribution is -0.117. The molecule has 0 radical (unpaired) electrons. The second kappa shape index (κ2) is 6.15. The zero-order chi connectivity index (χ0) is 15.5. The molecule has 0 saturated carbocycles. The van der Waals surface area contributed by atoms with E-state index < -0.39 is 11.9 Å². The Morgan fingerprint density at radius 3 is 2.73 bits per heavy atom. The van der Waals surface area contributed by atoms with Crippen molar-refractivity contribution in [2.45, 2.75) is 12.5 Å². The van der Waals surface area contributed by atoms with Gasteiger partial charge in [-0.15, -0.1) is 0 Å². The van der Waals surface area contributed by atoms with Crippen LogP contribution < -0.4 is 10.7 Å². The van der Waals surface area contributed by atoms with Gasteiger partial charge in [0.2, 0.25) is 5.91 Å². The first-order chi connectivity index (χ1) is 10.7. The molecule has 0 aromatic heterocycles. The second-order valence-electron chi connectivity index (χ2n) is 4.87. The third-order valence-electron chi connectivity index (χ3n) is 3.40. The average Bonchev–Trinajstić information content (AvgIpc) is 3.05. The summed E-state index contributed by atoms with van der Waals surface area (Å²) >= 11 is 6.11. The van der Waals surface area contributed by atoms with E-state index in [-0.39, 0.29) is 11.6 Å². The zero-order valence-corrected chi connectivity index (χ0v) is 12.3. The number of anilines is 1. The van der Waals surface area contributed by atoms with E-state index in [0.717, 1.165) is 0 Å². The molecule has 6 heteroatoms. The molecule has 4 nitrogen and oxygen atoms in total. The molecule has 0 fully saturated rings. The molecule has 0 saturated heterocycles. The van der Waals surface area contributed by atoms with Crippen LogP contribution in [0.1, 0.15) is 6.42 Å². The first kappa shape index (κ1) is 14.5. The van der Waals surface area contributed by atoms with Crippen molar-refractivity contribution in [2.24, 2.45) is 5.10 Å². The molecule has 112 valence electrons. The van der Waals surface area contributed by atoms with Gasteiger partial charge < -0.3 is 5.32 Å². The lowest BCUT2D eigenvalue weighted by Crippen LogP contribution is -2.35. The van der Waals surface area contributed by atoms with E-state index in [2.05, 4.69) is 15.8 Å². The molecule has 2 N–H and O–H groups in total. The Bertz CT molecular complexity index is 740. The molecule has 2 aromatic rings. The van der Waals surface area contributed by atoms with Crippen molar-refractivity contribution in [1.82, 2.24) is 5.43 Å². The highest BCUT2D eigenvalue weighted by Gasteiger charge is 2.21. The van der Waals surface area contributed by atoms with E-state index >= 15 is 0 Å². The lowest BCUT2D eigenvalue weighted by atomic mass is 10.0. The normalized spacial score (nSPS) is 16.4. The number of hydrogen-bond acceptors (Lipinski definition) is 3. The molecule has 3 rings (SSSR count). The van der Waals surface area contributed by atoms with Gasteiger partial charge in [-0.25, -0.2) is 4.39 Å². The van der Waals surface area contributed by atoms with Crippen molar-refractivity contribution < 1.29 is 9.18 Å². The highest BCUT2D eigenvalue weighted by molar-refractivity contribution is 6.33. The molecule has 1 aliphatic rings. The SMILES string of the molecule is O=C(Nc1cccc(-c2ccccc2Cl)c1F)C1CC=NN1. The fraction of sp³-hybridized carbons (Fsp3) is 0.125. The van der Waals surface area contributed by atoms with Crippen molar-refractivity contribution in [2.75, 3.05) is 5.32 Å². The predicted molar refractivity (Wildman–Crippen MR) is 85.5 cm³/mol. The fourth-order valence-electron chi connectivity index (χ4n) is 2.26. The smallest absolute Gasteiger partial charge is 0.248 e. The summed E-state index contributed by atoms with van der Waals surface area (Å²) in [7, 11) is 0. The number of carbonyl (C=O) groups excluding carboxylic acids is 1. The summed E-state index contributed by atoms with van der Waals surface area (Å²) in [5.74, 6) is -0.837. The minimum Gasteiger partial charge on any atom is -0.322 e. The van der Waals surface area contributed by atoms with Gasteiger partial charge in [0.25, 0.3) is 0 Å². The van der Waals surface area contributed by atoms with Crippen LogP contribution in [0.25, 0.3) is 11.1 Å². The average molecular weight is 318 g/mol. The van der Waals surface area contributed by atoms with Crippen molar-refractivity contribution in [1.29, 1.82) is 0 Å².